The van der Waals surface area contributed by atoms with Crippen LogP contribution in [0.15, 0.2) is 48.5 Å². The van der Waals surface area contributed by atoms with Gasteiger partial charge in [-0.05, 0) is 60.7 Å². The molecule has 1 aliphatic carbocycles. The lowest BCUT2D eigenvalue weighted by Gasteiger charge is -2.21. The first kappa shape index (κ1) is 18.5. The zero-order valence-corrected chi connectivity index (χ0v) is 15.2. The number of carbonyl (C=O) groups excluding carboxylic acids is 1. The number of amides is 1. The van der Waals surface area contributed by atoms with E-state index >= 15 is 0 Å². The molecular formula is C22H28N2O2. The molecule has 1 fully saturated rings. The Hall–Kier alpha value is -2.33. The highest BCUT2D eigenvalue weighted by Crippen LogP contribution is 2.23. The molecule has 4 heteroatoms. The fraction of sp³-hybridized carbons (Fsp3) is 0.409. The predicted molar refractivity (Wildman–Crippen MR) is 105 cm³/mol. The van der Waals surface area contributed by atoms with Gasteiger partial charge in [-0.3, -0.25) is 4.79 Å². The number of ether oxygens (including phenoxy) is 1. The van der Waals surface area contributed by atoms with Gasteiger partial charge in [0.2, 0.25) is 5.91 Å². The average molecular weight is 352 g/mol. The topological polar surface area (TPSA) is 64.4 Å². The molecule has 1 aliphatic rings. The fourth-order valence-corrected chi connectivity index (χ4v) is 3.51. The van der Waals surface area contributed by atoms with Crippen molar-refractivity contribution in [1.29, 1.82) is 0 Å². The summed E-state index contributed by atoms with van der Waals surface area (Å²) in [7, 11) is 0. The molecule has 0 heterocycles. The Morgan fingerprint density at radius 1 is 0.962 bits per heavy atom. The summed E-state index contributed by atoms with van der Waals surface area (Å²) >= 11 is 0. The van der Waals surface area contributed by atoms with Gasteiger partial charge in [0.1, 0.15) is 12.4 Å². The van der Waals surface area contributed by atoms with Crippen molar-refractivity contribution in [3.8, 4) is 16.9 Å². The molecule has 0 aromatic heterocycles. The Labute approximate surface area is 155 Å². The normalized spacial score (nSPS) is 14.9. The summed E-state index contributed by atoms with van der Waals surface area (Å²) < 4.78 is 5.81. The standard InChI is InChI=1S/C22H28N2O2/c23-22(25)20-8-6-18(7-9-20)19-10-12-21(13-11-19)26-15-14-24-16-17-4-2-1-3-5-17/h6-13,17,24H,1-5,14-16H2,(H2,23,25). The molecule has 0 spiro atoms. The lowest BCUT2D eigenvalue weighted by Crippen LogP contribution is -2.28. The van der Waals surface area contributed by atoms with Gasteiger partial charge in [-0.25, -0.2) is 0 Å². The number of nitrogens with two attached hydrogens (primary N) is 1. The maximum Gasteiger partial charge on any atom is 0.248 e. The molecule has 0 saturated heterocycles. The van der Waals surface area contributed by atoms with Crippen molar-refractivity contribution in [2.45, 2.75) is 32.1 Å². The summed E-state index contributed by atoms with van der Waals surface area (Å²) in [5, 5.41) is 3.51. The van der Waals surface area contributed by atoms with E-state index in [1.807, 2.05) is 36.4 Å². The molecule has 1 saturated carbocycles. The summed E-state index contributed by atoms with van der Waals surface area (Å²) in [5.74, 6) is 1.32. The van der Waals surface area contributed by atoms with Gasteiger partial charge < -0.3 is 15.8 Å². The smallest absolute Gasteiger partial charge is 0.248 e. The summed E-state index contributed by atoms with van der Waals surface area (Å²) in [5.41, 5.74) is 7.93. The van der Waals surface area contributed by atoms with Gasteiger partial charge in [0.25, 0.3) is 0 Å². The highest BCUT2D eigenvalue weighted by atomic mass is 16.5. The van der Waals surface area contributed by atoms with E-state index in [4.69, 9.17) is 10.5 Å². The predicted octanol–water partition coefficient (Wildman–Crippen LogP) is 4.00. The molecule has 2 aromatic rings. The maximum absolute atomic E-state index is 11.1. The van der Waals surface area contributed by atoms with Crippen molar-refractivity contribution in [3.63, 3.8) is 0 Å². The highest BCUT2D eigenvalue weighted by molar-refractivity contribution is 5.93. The SMILES string of the molecule is NC(=O)c1ccc(-c2ccc(OCCNCC3CCCCC3)cc2)cc1. The third kappa shape index (κ3) is 5.33. The second kappa shape index (κ2) is 9.39. The second-order valence-electron chi connectivity index (χ2n) is 7.02. The van der Waals surface area contributed by atoms with Gasteiger partial charge in [0.05, 0.1) is 0 Å². The van der Waals surface area contributed by atoms with E-state index in [1.54, 1.807) is 12.1 Å². The third-order valence-corrected chi connectivity index (χ3v) is 5.06. The number of nitrogens with one attached hydrogen (secondary N) is 1. The summed E-state index contributed by atoms with van der Waals surface area (Å²) in [6, 6.07) is 15.3. The Balaban J connectivity index is 1.41. The van der Waals surface area contributed by atoms with E-state index in [9.17, 15) is 4.79 Å². The molecule has 0 radical (unpaired) electrons. The second-order valence-corrected chi connectivity index (χ2v) is 7.02. The van der Waals surface area contributed by atoms with Crippen molar-refractivity contribution in [3.05, 3.63) is 54.1 Å². The Morgan fingerprint density at radius 3 is 2.19 bits per heavy atom. The lowest BCUT2D eigenvalue weighted by molar-refractivity contribution is 0.100. The van der Waals surface area contributed by atoms with Crippen LogP contribution in [0.25, 0.3) is 11.1 Å². The molecule has 1 amide bonds. The molecule has 0 unspecified atom stereocenters. The summed E-state index contributed by atoms with van der Waals surface area (Å²) in [4.78, 5) is 11.1. The van der Waals surface area contributed by atoms with E-state index in [1.165, 1.54) is 32.1 Å². The molecule has 26 heavy (non-hydrogen) atoms. The maximum atomic E-state index is 11.1. The molecular weight excluding hydrogens is 324 g/mol. The first-order valence-electron chi connectivity index (χ1n) is 9.56. The highest BCUT2D eigenvalue weighted by Gasteiger charge is 2.12. The molecule has 0 aliphatic heterocycles. The zero-order valence-electron chi connectivity index (χ0n) is 15.2. The molecule has 3 N–H and O–H groups in total. The summed E-state index contributed by atoms with van der Waals surface area (Å²) in [6.45, 7) is 2.68. The minimum atomic E-state index is -0.405. The van der Waals surface area contributed by atoms with Crippen LogP contribution in [-0.4, -0.2) is 25.6 Å². The van der Waals surface area contributed by atoms with Gasteiger partial charge in [0.15, 0.2) is 0 Å². The number of primary amides is 1. The van der Waals surface area contributed by atoms with Gasteiger partial charge in [-0.15, -0.1) is 0 Å². The van der Waals surface area contributed by atoms with E-state index in [0.29, 0.717) is 12.2 Å². The Bertz CT molecular complexity index is 689. The van der Waals surface area contributed by atoms with E-state index in [2.05, 4.69) is 5.32 Å². The monoisotopic (exact) mass is 352 g/mol. The number of carbonyl (C=O) groups is 1. The van der Waals surface area contributed by atoms with Gasteiger partial charge in [-0.2, -0.15) is 0 Å². The van der Waals surface area contributed by atoms with Crippen LogP contribution < -0.4 is 15.8 Å². The van der Waals surface area contributed by atoms with Gasteiger partial charge in [-0.1, -0.05) is 43.5 Å². The first-order chi connectivity index (χ1) is 12.7. The molecule has 3 rings (SSSR count). The lowest BCUT2D eigenvalue weighted by atomic mass is 9.89. The Morgan fingerprint density at radius 2 is 1.58 bits per heavy atom. The number of rotatable bonds is 8. The largest absolute Gasteiger partial charge is 0.492 e. The minimum Gasteiger partial charge on any atom is -0.492 e. The van der Waals surface area contributed by atoms with E-state index < -0.39 is 5.91 Å². The molecule has 0 atom stereocenters. The van der Waals surface area contributed by atoms with Crippen LogP contribution in [-0.2, 0) is 0 Å². The number of hydrogen-bond donors (Lipinski definition) is 2. The van der Waals surface area contributed by atoms with Crippen molar-refractivity contribution in [2.75, 3.05) is 19.7 Å². The van der Waals surface area contributed by atoms with Crippen LogP contribution in [0.1, 0.15) is 42.5 Å². The third-order valence-electron chi connectivity index (χ3n) is 5.06. The minimum absolute atomic E-state index is 0.405. The van der Waals surface area contributed by atoms with Gasteiger partial charge in [0, 0.05) is 12.1 Å². The van der Waals surface area contributed by atoms with Crippen molar-refractivity contribution >= 4 is 5.91 Å². The van der Waals surface area contributed by atoms with E-state index in [0.717, 1.165) is 35.9 Å². The summed E-state index contributed by atoms with van der Waals surface area (Å²) in [6.07, 6.45) is 6.93. The fourth-order valence-electron chi connectivity index (χ4n) is 3.51. The van der Waals surface area contributed by atoms with Crippen LogP contribution in [0.3, 0.4) is 0 Å². The number of hydrogen-bond acceptors (Lipinski definition) is 3. The van der Waals surface area contributed by atoms with Crippen molar-refractivity contribution in [1.82, 2.24) is 5.32 Å². The van der Waals surface area contributed by atoms with Crippen molar-refractivity contribution in [2.24, 2.45) is 11.7 Å². The molecule has 4 nitrogen and oxygen atoms in total. The average Bonchev–Trinajstić information content (AvgIpc) is 2.69. The quantitative estimate of drug-likeness (QED) is 0.706. The Kier molecular flexibility index (Phi) is 6.67. The van der Waals surface area contributed by atoms with Crippen LogP contribution in [0.4, 0.5) is 0 Å². The van der Waals surface area contributed by atoms with Crippen molar-refractivity contribution < 1.29 is 9.53 Å². The van der Waals surface area contributed by atoms with Crippen LogP contribution >= 0.6 is 0 Å². The van der Waals surface area contributed by atoms with Crippen LogP contribution in [0, 0.1) is 5.92 Å². The van der Waals surface area contributed by atoms with Crippen LogP contribution in [0.5, 0.6) is 5.75 Å². The van der Waals surface area contributed by atoms with Crippen LogP contribution in [0.2, 0.25) is 0 Å². The van der Waals surface area contributed by atoms with E-state index in [-0.39, 0.29) is 0 Å². The molecule has 138 valence electrons. The number of benzene rings is 2. The zero-order chi connectivity index (χ0) is 18.2. The first-order valence-corrected chi connectivity index (χ1v) is 9.56. The molecule has 0 bridgehead atoms. The molecule has 2 aromatic carbocycles. The van der Waals surface area contributed by atoms with Gasteiger partial charge >= 0.3 is 0 Å².